The van der Waals surface area contributed by atoms with Gasteiger partial charge in [0.05, 0.1) is 4.90 Å². The first-order chi connectivity index (χ1) is 8.38. The van der Waals surface area contributed by atoms with Crippen LogP contribution in [0.1, 0.15) is 0 Å². The Bertz CT molecular complexity index is 662. The number of benzene rings is 1. The number of rotatable bonds is 3. The maximum Gasteiger partial charge on any atom is 0.264 e. The first kappa shape index (κ1) is 12.3. The molecular formula is C9H10FN5O2S. The molecule has 0 aliphatic rings. The molecule has 0 fully saturated rings. The van der Waals surface area contributed by atoms with Gasteiger partial charge in [-0.05, 0) is 18.2 Å². The highest BCUT2D eigenvalue weighted by Crippen LogP contribution is 2.18. The third-order valence-corrected chi connectivity index (χ3v) is 3.45. The topological polar surface area (TPSA) is 103 Å². The number of halogens is 1. The highest BCUT2D eigenvalue weighted by atomic mass is 32.2. The van der Waals surface area contributed by atoms with Crippen molar-refractivity contribution in [2.24, 2.45) is 7.05 Å². The number of nitrogen functional groups attached to an aromatic ring is 1. The number of aryl methyl sites for hydroxylation is 1. The molecule has 0 unspecified atom stereocenters. The molecule has 1 heterocycles. The van der Waals surface area contributed by atoms with E-state index in [1.807, 2.05) is 0 Å². The first-order valence-electron chi connectivity index (χ1n) is 4.81. The van der Waals surface area contributed by atoms with E-state index in [9.17, 15) is 12.8 Å². The molecule has 1 aromatic carbocycles. The minimum Gasteiger partial charge on any atom is -0.399 e. The van der Waals surface area contributed by atoms with E-state index in [0.717, 1.165) is 18.2 Å². The smallest absolute Gasteiger partial charge is 0.264 e. The zero-order chi connectivity index (χ0) is 13.3. The van der Waals surface area contributed by atoms with Crippen molar-refractivity contribution in [2.75, 3.05) is 10.5 Å². The maximum absolute atomic E-state index is 13.1. The Balaban J connectivity index is 2.40. The monoisotopic (exact) mass is 271 g/mol. The lowest BCUT2D eigenvalue weighted by atomic mass is 10.3. The van der Waals surface area contributed by atoms with Crippen molar-refractivity contribution in [1.82, 2.24) is 14.8 Å². The second-order valence-corrected chi connectivity index (χ2v) is 5.22. The molecule has 0 atom stereocenters. The van der Waals surface area contributed by atoms with Gasteiger partial charge in [0.15, 0.2) is 0 Å². The molecule has 9 heteroatoms. The molecule has 0 aliphatic carbocycles. The van der Waals surface area contributed by atoms with Gasteiger partial charge in [-0.3, -0.25) is 0 Å². The van der Waals surface area contributed by atoms with Crippen LogP contribution in [0.3, 0.4) is 0 Å². The van der Waals surface area contributed by atoms with Gasteiger partial charge in [0.2, 0.25) is 5.95 Å². The Morgan fingerprint density at radius 2 is 2.11 bits per heavy atom. The van der Waals surface area contributed by atoms with E-state index in [-0.39, 0.29) is 16.5 Å². The number of aromatic nitrogens is 3. The number of nitrogens with zero attached hydrogens (tertiary/aromatic N) is 3. The fraction of sp³-hybridized carbons (Fsp3) is 0.111. The Morgan fingerprint density at radius 1 is 1.39 bits per heavy atom. The lowest BCUT2D eigenvalue weighted by Crippen LogP contribution is -2.16. The number of nitrogens with one attached hydrogen (secondary N) is 1. The van der Waals surface area contributed by atoms with Gasteiger partial charge in [0.1, 0.15) is 12.1 Å². The highest BCUT2D eigenvalue weighted by molar-refractivity contribution is 7.92. The van der Waals surface area contributed by atoms with Crippen LogP contribution in [-0.4, -0.2) is 23.2 Å². The number of nitrogens with two attached hydrogens (primary N) is 1. The van der Waals surface area contributed by atoms with Crippen molar-refractivity contribution in [3.63, 3.8) is 0 Å². The van der Waals surface area contributed by atoms with Gasteiger partial charge in [-0.2, -0.15) is 10.1 Å². The Hall–Kier alpha value is -2.16. The fourth-order valence-corrected chi connectivity index (χ4v) is 2.41. The van der Waals surface area contributed by atoms with E-state index < -0.39 is 15.8 Å². The molecule has 0 saturated carbocycles. The minimum atomic E-state index is -3.94. The average Bonchev–Trinajstić information content (AvgIpc) is 2.62. The van der Waals surface area contributed by atoms with E-state index in [1.54, 1.807) is 0 Å². The van der Waals surface area contributed by atoms with Gasteiger partial charge in [0.25, 0.3) is 10.0 Å². The Labute approximate surface area is 102 Å². The number of hydrogen-bond donors (Lipinski definition) is 2. The molecule has 0 bridgehead atoms. The molecule has 0 spiro atoms. The normalized spacial score (nSPS) is 11.4. The summed E-state index contributed by atoms with van der Waals surface area (Å²) < 4.78 is 40.4. The maximum atomic E-state index is 13.1. The van der Waals surface area contributed by atoms with Crippen molar-refractivity contribution in [3.8, 4) is 0 Å². The average molecular weight is 271 g/mol. The summed E-state index contributed by atoms with van der Waals surface area (Å²) in [7, 11) is -2.43. The summed E-state index contributed by atoms with van der Waals surface area (Å²) in [5, 5.41) is 3.71. The zero-order valence-electron chi connectivity index (χ0n) is 9.33. The molecule has 2 aromatic rings. The number of sulfonamides is 1. The van der Waals surface area contributed by atoms with Crippen LogP contribution in [0.4, 0.5) is 16.0 Å². The standard InChI is InChI=1S/C9H10FN5O2S/c1-15-9(12-5-13-15)14-18(16,17)8-3-6(10)2-7(11)4-8/h2-5H,11H2,1H3,(H,12,13,14). The molecule has 0 radical (unpaired) electrons. The largest absolute Gasteiger partial charge is 0.399 e. The summed E-state index contributed by atoms with van der Waals surface area (Å²) in [6.45, 7) is 0. The van der Waals surface area contributed by atoms with Gasteiger partial charge in [0, 0.05) is 12.7 Å². The molecule has 0 saturated heterocycles. The minimum absolute atomic E-state index is 0.0216. The third kappa shape index (κ3) is 2.40. The summed E-state index contributed by atoms with van der Waals surface area (Å²) in [5.74, 6) is -0.703. The van der Waals surface area contributed by atoms with E-state index in [1.165, 1.54) is 18.1 Å². The van der Waals surface area contributed by atoms with Crippen LogP contribution in [0.5, 0.6) is 0 Å². The van der Waals surface area contributed by atoms with Gasteiger partial charge in [-0.25, -0.2) is 22.2 Å². The first-order valence-corrected chi connectivity index (χ1v) is 6.30. The van der Waals surface area contributed by atoms with Gasteiger partial charge >= 0.3 is 0 Å². The number of hydrogen-bond acceptors (Lipinski definition) is 5. The molecule has 96 valence electrons. The highest BCUT2D eigenvalue weighted by Gasteiger charge is 2.18. The predicted molar refractivity (Wildman–Crippen MR) is 62.6 cm³/mol. The van der Waals surface area contributed by atoms with E-state index >= 15 is 0 Å². The van der Waals surface area contributed by atoms with E-state index in [0.29, 0.717) is 0 Å². The summed E-state index contributed by atoms with van der Waals surface area (Å²) in [4.78, 5) is 3.43. The van der Waals surface area contributed by atoms with Crippen LogP contribution >= 0.6 is 0 Å². The zero-order valence-corrected chi connectivity index (χ0v) is 10.1. The third-order valence-electron chi connectivity index (χ3n) is 2.14. The van der Waals surface area contributed by atoms with E-state index in [2.05, 4.69) is 14.8 Å². The Kier molecular flexibility index (Phi) is 2.91. The SMILES string of the molecule is Cn1ncnc1NS(=O)(=O)c1cc(N)cc(F)c1. The van der Waals surface area contributed by atoms with Crippen LogP contribution in [-0.2, 0) is 17.1 Å². The summed E-state index contributed by atoms with van der Waals surface area (Å²) in [6, 6.07) is 3.05. The van der Waals surface area contributed by atoms with E-state index in [4.69, 9.17) is 5.73 Å². The van der Waals surface area contributed by atoms with Crippen LogP contribution in [0, 0.1) is 5.82 Å². The number of anilines is 2. The predicted octanol–water partition coefficient (Wildman–Crippen LogP) is 0.337. The van der Waals surface area contributed by atoms with Crippen molar-refractivity contribution in [3.05, 3.63) is 30.3 Å². The summed E-state index contributed by atoms with van der Waals surface area (Å²) in [5.41, 5.74) is 5.42. The quantitative estimate of drug-likeness (QED) is 0.783. The molecule has 7 nitrogen and oxygen atoms in total. The lowest BCUT2D eigenvalue weighted by molar-refractivity contribution is 0.594. The molecule has 0 amide bonds. The van der Waals surface area contributed by atoms with Gasteiger partial charge < -0.3 is 5.73 Å². The Morgan fingerprint density at radius 3 is 2.67 bits per heavy atom. The molecular weight excluding hydrogens is 261 g/mol. The van der Waals surface area contributed by atoms with Crippen LogP contribution in [0.25, 0.3) is 0 Å². The van der Waals surface area contributed by atoms with Gasteiger partial charge in [-0.1, -0.05) is 0 Å². The molecule has 2 rings (SSSR count). The van der Waals surface area contributed by atoms with Crippen LogP contribution in [0.2, 0.25) is 0 Å². The molecule has 1 aromatic heterocycles. The van der Waals surface area contributed by atoms with Gasteiger partial charge in [-0.15, -0.1) is 0 Å². The van der Waals surface area contributed by atoms with Crippen molar-refractivity contribution in [1.29, 1.82) is 0 Å². The van der Waals surface area contributed by atoms with Crippen LogP contribution < -0.4 is 10.5 Å². The molecule has 18 heavy (non-hydrogen) atoms. The molecule has 0 aliphatic heterocycles. The summed E-state index contributed by atoms with van der Waals surface area (Å²) in [6.07, 6.45) is 1.19. The lowest BCUT2D eigenvalue weighted by Gasteiger charge is -2.07. The fourth-order valence-electron chi connectivity index (χ4n) is 1.31. The summed E-state index contributed by atoms with van der Waals surface area (Å²) >= 11 is 0. The second kappa shape index (κ2) is 4.26. The van der Waals surface area contributed by atoms with Crippen molar-refractivity contribution >= 4 is 21.7 Å². The van der Waals surface area contributed by atoms with Crippen LogP contribution in [0.15, 0.2) is 29.4 Å². The molecule has 3 N–H and O–H groups in total. The van der Waals surface area contributed by atoms with Crippen molar-refractivity contribution < 1.29 is 12.8 Å². The second-order valence-electron chi connectivity index (χ2n) is 3.53. The van der Waals surface area contributed by atoms with Crippen molar-refractivity contribution in [2.45, 2.75) is 4.90 Å².